The van der Waals surface area contributed by atoms with E-state index in [1.807, 2.05) is 0 Å². The first kappa shape index (κ1) is 15.8. The van der Waals surface area contributed by atoms with Crippen LogP contribution in [0.15, 0.2) is 6.07 Å². The Labute approximate surface area is 123 Å². The van der Waals surface area contributed by atoms with E-state index in [9.17, 15) is 14.4 Å². The first-order valence-corrected chi connectivity index (χ1v) is 5.96. The van der Waals surface area contributed by atoms with E-state index in [0.717, 1.165) is 19.9 Å². The third-order valence-corrected chi connectivity index (χ3v) is 2.69. The first-order chi connectivity index (χ1) is 8.73. The Kier molecular flexibility index (Phi) is 5.17. The Balaban J connectivity index is 3.52. The molecule has 0 bridgehead atoms. The molecular weight excluding hydrogens is 318 g/mol. The van der Waals surface area contributed by atoms with Crippen LogP contribution in [0.3, 0.4) is 0 Å². The lowest BCUT2D eigenvalue weighted by Crippen LogP contribution is -2.09. The molecule has 0 heterocycles. The number of benzene rings is 1. The van der Waals surface area contributed by atoms with Crippen LogP contribution in [0.25, 0.3) is 0 Å². The normalized spacial score (nSPS) is 9.95. The fraction of sp³-hybridized carbons (Fsp3) is 0.182. The molecule has 0 N–H and O–H groups in total. The number of carbonyl (C=O) groups excluding carboxylic acids is 3. The molecule has 0 unspecified atom stereocenters. The highest BCUT2D eigenvalue weighted by molar-refractivity contribution is 6.69. The van der Waals surface area contributed by atoms with Gasteiger partial charge in [0.05, 0.1) is 15.6 Å². The summed E-state index contributed by atoms with van der Waals surface area (Å²) < 4.78 is 9.61. The van der Waals surface area contributed by atoms with Crippen molar-refractivity contribution in [3.05, 3.63) is 21.7 Å². The number of esters is 2. The molecule has 0 amide bonds. The van der Waals surface area contributed by atoms with E-state index in [4.69, 9.17) is 44.3 Å². The third kappa shape index (κ3) is 3.83. The zero-order valence-corrected chi connectivity index (χ0v) is 12.0. The molecule has 102 valence electrons. The summed E-state index contributed by atoms with van der Waals surface area (Å²) in [5.74, 6) is -2.02. The summed E-state index contributed by atoms with van der Waals surface area (Å²) in [6, 6.07) is 1.12. The lowest BCUT2D eigenvalue weighted by molar-refractivity contribution is -0.134. The predicted molar refractivity (Wildman–Crippen MR) is 69.3 cm³/mol. The van der Waals surface area contributed by atoms with Crippen LogP contribution in [0.4, 0.5) is 0 Å². The Morgan fingerprint density at radius 2 is 1.47 bits per heavy atom. The molecule has 0 aliphatic carbocycles. The van der Waals surface area contributed by atoms with Crippen molar-refractivity contribution in [2.45, 2.75) is 13.8 Å². The molecule has 0 atom stereocenters. The summed E-state index contributed by atoms with van der Waals surface area (Å²) in [4.78, 5) is 33.2. The molecule has 0 fully saturated rings. The Morgan fingerprint density at radius 3 is 1.89 bits per heavy atom. The Morgan fingerprint density at radius 1 is 1.00 bits per heavy atom. The van der Waals surface area contributed by atoms with E-state index in [1.165, 1.54) is 0 Å². The van der Waals surface area contributed by atoms with Crippen LogP contribution < -0.4 is 9.47 Å². The molecule has 1 aromatic rings. The van der Waals surface area contributed by atoms with Crippen molar-refractivity contribution in [2.75, 3.05) is 0 Å². The van der Waals surface area contributed by atoms with Gasteiger partial charge in [0.2, 0.25) is 0 Å². The molecule has 0 aliphatic heterocycles. The highest BCUT2D eigenvalue weighted by Gasteiger charge is 2.24. The fourth-order valence-corrected chi connectivity index (χ4v) is 1.90. The smallest absolute Gasteiger partial charge is 0.308 e. The largest absolute Gasteiger partial charge is 0.421 e. The zero-order chi connectivity index (χ0) is 14.7. The average molecular weight is 326 g/mol. The second-order valence-electron chi connectivity index (χ2n) is 3.34. The topological polar surface area (TPSA) is 69.7 Å². The minimum absolute atomic E-state index is 0.139. The van der Waals surface area contributed by atoms with Crippen LogP contribution in [0.5, 0.6) is 11.5 Å². The van der Waals surface area contributed by atoms with Gasteiger partial charge in [0, 0.05) is 13.8 Å². The average Bonchev–Trinajstić information content (AvgIpc) is 2.26. The lowest BCUT2D eigenvalue weighted by atomic mass is 10.2. The van der Waals surface area contributed by atoms with Crippen LogP contribution in [0.1, 0.15) is 24.2 Å². The second-order valence-corrected chi connectivity index (χ2v) is 4.47. The molecule has 0 spiro atoms. The molecule has 8 heteroatoms. The highest BCUT2D eigenvalue weighted by atomic mass is 35.5. The van der Waals surface area contributed by atoms with Crippen molar-refractivity contribution >= 4 is 52.0 Å². The van der Waals surface area contributed by atoms with Crippen LogP contribution in [-0.4, -0.2) is 17.2 Å². The molecule has 0 radical (unpaired) electrons. The van der Waals surface area contributed by atoms with Gasteiger partial charge in [-0.1, -0.05) is 23.2 Å². The molecule has 1 rings (SSSR count). The summed E-state index contributed by atoms with van der Waals surface area (Å²) in [7, 11) is 0. The van der Waals surface area contributed by atoms with Crippen molar-refractivity contribution in [1.82, 2.24) is 0 Å². The molecule has 0 aliphatic rings. The Bertz CT molecular complexity index is 568. The third-order valence-electron chi connectivity index (χ3n) is 1.83. The van der Waals surface area contributed by atoms with E-state index < -0.39 is 17.2 Å². The van der Waals surface area contributed by atoms with E-state index in [2.05, 4.69) is 0 Å². The molecule has 0 saturated carbocycles. The van der Waals surface area contributed by atoms with Gasteiger partial charge < -0.3 is 9.47 Å². The maximum absolute atomic E-state index is 11.2. The van der Waals surface area contributed by atoms with Crippen LogP contribution in [0.2, 0.25) is 10.0 Å². The van der Waals surface area contributed by atoms with Gasteiger partial charge in [0.1, 0.15) is 0 Å². The fourth-order valence-electron chi connectivity index (χ4n) is 1.20. The summed E-state index contributed by atoms with van der Waals surface area (Å²) in [5.41, 5.74) is -0.166. The maximum Gasteiger partial charge on any atom is 0.308 e. The molecule has 19 heavy (non-hydrogen) atoms. The van der Waals surface area contributed by atoms with Crippen molar-refractivity contribution in [1.29, 1.82) is 0 Å². The number of hydrogen-bond donors (Lipinski definition) is 0. The summed E-state index contributed by atoms with van der Waals surface area (Å²) >= 11 is 17.0. The van der Waals surface area contributed by atoms with Crippen LogP contribution in [-0.2, 0) is 9.59 Å². The monoisotopic (exact) mass is 324 g/mol. The summed E-state index contributed by atoms with van der Waals surface area (Å²) in [6.07, 6.45) is 0. The van der Waals surface area contributed by atoms with Gasteiger partial charge in [-0.15, -0.1) is 0 Å². The number of halogens is 3. The van der Waals surface area contributed by atoms with Crippen molar-refractivity contribution in [3.8, 4) is 11.5 Å². The molecule has 5 nitrogen and oxygen atoms in total. The minimum atomic E-state index is -0.894. The lowest BCUT2D eigenvalue weighted by Gasteiger charge is -2.13. The van der Waals surface area contributed by atoms with E-state index in [0.29, 0.717) is 0 Å². The van der Waals surface area contributed by atoms with Crippen molar-refractivity contribution < 1.29 is 23.9 Å². The van der Waals surface area contributed by atoms with E-state index >= 15 is 0 Å². The highest BCUT2D eigenvalue weighted by Crippen LogP contribution is 2.43. The standard InChI is InChI=1S/C11H7Cl3O5/c1-4(15)18-9-7(12)3-6(11(14)17)8(13)10(9)19-5(2)16/h3H,1-2H3. The Hall–Kier alpha value is -1.30. The van der Waals surface area contributed by atoms with Gasteiger partial charge in [-0.3, -0.25) is 14.4 Å². The zero-order valence-electron chi connectivity index (χ0n) is 9.75. The van der Waals surface area contributed by atoms with Gasteiger partial charge in [-0.2, -0.15) is 0 Å². The quantitative estimate of drug-likeness (QED) is 0.485. The number of rotatable bonds is 3. The van der Waals surface area contributed by atoms with Gasteiger partial charge >= 0.3 is 11.9 Å². The maximum atomic E-state index is 11.2. The first-order valence-electron chi connectivity index (χ1n) is 4.82. The minimum Gasteiger partial charge on any atom is -0.421 e. The van der Waals surface area contributed by atoms with Gasteiger partial charge in [0.25, 0.3) is 5.24 Å². The van der Waals surface area contributed by atoms with Gasteiger partial charge in [-0.05, 0) is 17.7 Å². The van der Waals surface area contributed by atoms with Crippen LogP contribution >= 0.6 is 34.8 Å². The van der Waals surface area contributed by atoms with Crippen molar-refractivity contribution in [3.63, 3.8) is 0 Å². The predicted octanol–water partition coefficient (Wildman–Crippen LogP) is 3.22. The molecular formula is C11H7Cl3O5. The molecule has 0 aromatic heterocycles. The summed E-state index contributed by atoms with van der Waals surface area (Å²) in [5, 5.41) is -1.30. The second kappa shape index (κ2) is 6.23. The molecule has 1 aromatic carbocycles. The molecule has 0 saturated heterocycles. The summed E-state index contributed by atoms with van der Waals surface area (Å²) in [6.45, 7) is 2.24. The number of carbonyl (C=O) groups is 3. The van der Waals surface area contributed by atoms with Gasteiger partial charge in [-0.25, -0.2) is 0 Å². The van der Waals surface area contributed by atoms with Crippen LogP contribution in [0, 0.1) is 0 Å². The SMILES string of the molecule is CC(=O)Oc1c(Cl)cc(C(=O)Cl)c(Cl)c1OC(C)=O. The van der Waals surface area contributed by atoms with Crippen molar-refractivity contribution in [2.24, 2.45) is 0 Å². The number of ether oxygens (including phenoxy) is 2. The van der Waals surface area contributed by atoms with E-state index in [1.54, 1.807) is 0 Å². The van der Waals surface area contributed by atoms with E-state index in [-0.39, 0.29) is 27.1 Å². The van der Waals surface area contributed by atoms with Gasteiger partial charge in [0.15, 0.2) is 11.5 Å². The number of hydrogen-bond acceptors (Lipinski definition) is 5.